The van der Waals surface area contributed by atoms with E-state index in [1.807, 2.05) is 11.3 Å². The van der Waals surface area contributed by atoms with Gasteiger partial charge in [-0.15, -0.1) is 11.3 Å². The van der Waals surface area contributed by atoms with Gasteiger partial charge in [-0.1, -0.05) is 36.8 Å². The summed E-state index contributed by atoms with van der Waals surface area (Å²) in [4.78, 5) is 8.09. The van der Waals surface area contributed by atoms with Crippen LogP contribution in [0.15, 0.2) is 24.3 Å². The van der Waals surface area contributed by atoms with Gasteiger partial charge >= 0.3 is 0 Å². The normalized spacial score (nSPS) is 19.7. The quantitative estimate of drug-likeness (QED) is 0.505. The van der Waals surface area contributed by atoms with Crippen molar-refractivity contribution in [3.05, 3.63) is 51.5 Å². The van der Waals surface area contributed by atoms with E-state index in [4.69, 9.17) is 4.98 Å². The van der Waals surface area contributed by atoms with Crippen molar-refractivity contribution in [1.29, 1.82) is 0 Å². The fourth-order valence-electron chi connectivity index (χ4n) is 4.75. The molecule has 1 aromatic carbocycles. The number of aromatic nitrogens is 1. The molecule has 0 spiro atoms. The number of hydrogen-bond acceptors (Lipinski definition) is 2. The van der Waals surface area contributed by atoms with E-state index in [1.165, 1.54) is 71.1 Å². The Morgan fingerprint density at radius 3 is 2.84 bits per heavy atom. The summed E-state index contributed by atoms with van der Waals surface area (Å²) < 4.78 is 0. The Kier molecular flexibility index (Phi) is 3.71. The lowest BCUT2D eigenvalue weighted by atomic mass is 9.81. The Morgan fingerprint density at radius 2 is 1.96 bits per heavy atom. The fourth-order valence-corrected chi connectivity index (χ4v) is 6.04. The fraction of sp³-hybridized carbons (Fsp3) is 0.435. The van der Waals surface area contributed by atoms with Crippen LogP contribution in [0.5, 0.6) is 0 Å². The van der Waals surface area contributed by atoms with E-state index in [2.05, 4.69) is 38.1 Å². The second-order valence-electron chi connectivity index (χ2n) is 8.02. The lowest BCUT2D eigenvalue weighted by Gasteiger charge is -2.25. The van der Waals surface area contributed by atoms with Crippen molar-refractivity contribution in [2.24, 2.45) is 5.92 Å². The number of thiophene rings is 1. The summed E-state index contributed by atoms with van der Waals surface area (Å²) in [5.74, 6) is 0.768. The first-order valence-electron chi connectivity index (χ1n) is 9.73. The van der Waals surface area contributed by atoms with Gasteiger partial charge < -0.3 is 0 Å². The lowest BCUT2D eigenvalue weighted by molar-refractivity contribution is 0.496. The van der Waals surface area contributed by atoms with E-state index < -0.39 is 0 Å². The first-order chi connectivity index (χ1) is 12.2. The molecule has 0 unspecified atom stereocenters. The van der Waals surface area contributed by atoms with Gasteiger partial charge in [0, 0.05) is 16.0 Å². The van der Waals surface area contributed by atoms with Gasteiger partial charge in [0.25, 0.3) is 0 Å². The summed E-state index contributed by atoms with van der Waals surface area (Å²) in [5, 5.41) is 1.50. The van der Waals surface area contributed by atoms with Crippen molar-refractivity contribution in [2.75, 3.05) is 0 Å². The van der Waals surface area contributed by atoms with Gasteiger partial charge in [0.05, 0.1) is 0 Å². The minimum Gasteiger partial charge on any atom is -0.242 e. The third-order valence-electron chi connectivity index (χ3n) is 6.02. The summed E-state index contributed by atoms with van der Waals surface area (Å²) >= 11 is 1.98. The monoisotopic (exact) mass is 347 g/mol. The highest BCUT2D eigenvalue weighted by Crippen LogP contribution is 2.45. The van der Waals surface area contributed by atoms with Gasteiger partial charge in [-0.05, 0) is 80.0 Å². The number of aryl methyl sites for hydroxylation is 4. The largest absolute Gasteiger partial charge is 0.242 e. The lowest BCUT2D eigenvalue weighted by Crippen LogP contribution is -2.14. The zero-order valence-corrected chi connectivity index (χ0v) is 16.0. The predicted octanol–water partition coefficient (Wildman–Crippen LogP) is 6.28. The number of nitrogens with zero attached hydrogens (tertiary/aromatic N) is 1. The van der Waals surface area contributed by atoms with E-state index in [0.717, 1.165) is 12.3 Å². The maximum absolute atomic E-state index is 5.18. The summed E-state index contributed by atoms with van der Waals surface area (Å²) in [6.07, 6.45) is 8.79. The molecule has 2 aliphatic rings. The van der Waals surface area contributed by atoms with Crippen molar-refractivity contribution in [3.8, 4) is 11.1 Å². The molecule has 0 saturated heterocycles. The van der Waals surface area contributed by atoms with E-state index in [1.54, 1.807) is 16.0 Å². The van der Waals surface area contributed by atoms with Crippen LogP contribution < -0.4 is 0 Å². The van der Waals surface area contributed by atoms with Gasteiger partial charge in [0.2, 0.25) is 0 Å². The average Bonchev–Trinajstić information content (AvgIpc) is 2.98. The SMILES string of the molecule is Cc1cccc(-c2c3c(nc4sc5c(c24)CCCC5)CC[C@@H](C)C3)c1. The van der Waals surface area contributed by atoms with Crippen molar-refractivity contribution >= 4 is 21.6 Å². The van der Waals surface area contributed by atoms with Crippen LogP contribution in [0.25, 0.3) is 21.3 Å². The van der Waals surface area contributed by atoms with Crippen molar-refractivity contribution in [2.45, 2.75) is 58.8 Å². The molecule has 0 fully saturated rings. The van der Waals surface area contributed by atoms with Crippen LogP contribution in [-0.4, -0.2) is 4.98 Å². The highest BCUT2D eigenvalue weighted by molar-refractivity contribution is 7.19. The molecule has 2 aromatic heterocycles. The third kappa shape index (κ3) is 2.54. The minimum absolute atomic E-state index is 0.768. The smallest absolute Gasteiger partial charge is 0.124 e. The first-order valence-corrected chi connectivity index (χ1v) is 10.6. The molecule has 1 nitrogen and oxygen atoms in total. The molecule has 0 radical (unpaired) electrons. The molecule has 0 saturated carbocycles. The molecule has 128 valence electrons. The van der Waals surface area contributed by atoms with Crippen LogP contribution in [0.3, 0.4) is 0 Å². The molecule has 0 N–H and O–H groups in total. The summed E-state index contributed by atoms with van der Waals surface area (Å²) in [6.45, 7) is 4.61. The van der Waals surface area contributed by atoms with Gasteiger partial charge in [0.1, 0.15) is 4.83 Å². The molecular formula is C23H25NS. The number of hydrogen-bond donors (Lipinski definition) is 0. The molecule has 0 amide bonds. The molecule has 1 atom stereocenters. The van der Waals surface area contributed by atoms with Crippen LogP contribution in [0, 0.1) is 12.8 Å². The van der Waals surface area contributed by atoms with Crippen molar-refractivity contribution in [3.63, 3.8) is 0 Å². The Labute approximate surface area is 154 Å². The van der Waals surface area contributed by atoms with Crippen molar-refractivity contribution in [1.82, 2.24) is 4.98 Å². The number of pyridine rings is 1. The van der Waals surface area contributed by atoms with E-state index in [9.17, 15) is 0 Å². The highest BCUT2D eigenvalue weighted by Gasteiger charge is 2.27. The zero-order chi connectivity index (χ0) is 17.0. The van der Waals surface area contributed by atoms with Crippen LogP contribution in [0.1, 0.15) is 53.4 Å². The molecular weight excluding hydrogens is 322 g/mol. The topological polar surface area (TPSA) is 12.9 Å². The molecule has 25 heavy (non-hydrogen) atoms. The van der Waals surface area contributed by atoms with Gasteiger partial charge in [-0.25, -0.2) is 4.98 Å². The number of rotatable bonds is 1. The number of benzene rings is 1. The molecule has 0 aliphatic heterocycles. The van der Waals surface area contributed by atoms with Crippen LogP contribution >= 0.6 is 11.3 Å². The van der Waals surface area contributed by atoms with Crippen LogP contribution in [0.4, 0.5) is 0 Å². The standard InChI is InChI=1S/C23H25NS/c1-14-6-5-7-16(12-14)21-18-13-15(2)10-11-19(18)24-23-22(21)17-8-3-4-9-20(17)25-23/h5-7,12,15H,3-4,8-11,13H2,1-2H3/t15-/m1/s1. The Bertz CT molecular complexity index is 966. The summed E-state index contributed by atoms with van der Waals surface area (Å²) in [7, 11) is 0. The Morgan fingerprint density at radius 1 is 1.08 bits per heavy atom. The van der Waals surface area contributed by atoms with Gasteiger partial charge in [0.15, 0.2) is 0 Å². The average molecular weight is 348 g/mol. The molecule has 2 heteroatoms. The van der Waals surface area contributed by atoms with E-state index in [-0.39, 0.29) is 0 Å². The highest BCUT2D eigenvalue weighted by atomic mass is 32.1. The molecule has 0 bridgehead atoms. The Balaban J connectivity index is 1.88. The summed E-state index contributed by atoms with van der Waals surface area (Å²) in [6, 6.07) is 9.11. The maximum Gasteiger partial charge on any atom is 0.124 e. The minimum atomic E-state index is 0.768. The molecule has 2 heterocycles. The van der Waals surface area contributed by atoms with Gasteiger partial charge in [-0.2, -0.15) is 0 Å². The third-order valence-corrected chi connectivity index (χ3v) is 7.21. The van der Waals surface area contributed by atoms with E-state index >= 15 is 0 Å². The molecule has 3 aromatic rings. The second-order valence-corrected chi connectivity index (χ2v) is 9.10. The zero-order valence-electron chi connectivity index (χ0n) is 15.2. The summed E-state index contributed by atoms with van der Waals surface area (Å²) in [5.41, 5.74) is 8.82. The predicted molar refractivity (Wildman–Crippen MR) is 108 cm³/mol. The van der Waals surface area contributed by atoms with Gasteiger partial charge in [-0.3, -0.25) is 0 Å². The number of fused-ring (bicyclic) bond motifs is 4. The second kappa shape index (κ2) is 5.95. The maximum atomic E-state index is 5.18. The molecule has 2 aliphatic carbocycles. The van der Waals surface area contributed by atoms with Crippen LogP contribution in [-0.2, 0) is 25.7 Å². The first kappa shape index (κ1) is 15.6. The Hall–Kier alpha value is -1.67. The van der Waals surface area contributed by atoms with Crippen LogP contribution in [0.2, 0.25) is 0 Å². The van der Waals surface area contributed by atoms with E-state index in [0.29, 0.717) is 0 Å². The van der Waals surface area contributed by atoms with Crippen molar-refractivity contribution < 1.29 is 0 Å². The molecule has 5 rings (SSSR count).